The standard InChI is InChI=1S/C18H16N4O2/c1-12(23)21-15-8-6-13(7-9-15)18(24)22-20-11-14-10-19-17-5-3-2-4-16(14)17/h2-11,19H,1H3,(H,21,23)(H,22,24)/b20-11-. The van der Waals surface area contributed by atoms with E-state index in [4.69, 9.17) is 0 Å². The summed E-state index contributed by atoms with van der Waals surface area (Å²) in [4.78, 5) is 26.2. The smallest absolute Gasteiger partial charge is 0.271 e. The molecule has 2 aromatic carbocycles. The summed E-state index contributed by atoms with van der Waals surface area (Å²) in [5.41, 5.74) is 5.50. The molecule has 0 radical (unpaired) electrons. The first kappa shape index (κ1) is 15.5. The van der Waals surface area contributed by atoms with Gasteiger partial charge in [0.1, 0.15) is 0 Å². The maximum atomic E-state index is 12.1. The highest BCUT2D eigenvalue weighted by atomic mass is 16.2. The molecule has 0 unspecified atom stereocenters. The highest BCUT2D eigenvalue weighted by Gasteiger charge is 2.05. The van der Waals surface area contributed by atoms with Crippen molar-refractivity contribution in [3.63, 3.8) is 0 Å². The van der Waals surface area contributed by atoms with Crippen LogP contribution < -0.4 is 10.7 Å². The molecular weight excluding hydrogens is 304 g/mol. The number of aromatic nitrogens is 1. The number of hydrogen-bond acceptors (Lipinski definition) is 3. The predicted molar refractivity (Wildman–Crippen MR) is 94.1 cm³/mol. The predicted octanol–water partition coefficient (Wildman–Crippen LogP) is 2.89. The lowest BCUT2D eigenvalue weighted by atomic mass is 10.2. The van der Waals surface area contributed by atoms with Crippen LogP contribution >= 0.6 is 0 Å². The van der Waals surface area contributed by atoms with Gasteiger partial charge < -0.3 is 10.3 Å². The quantitative estimate of drug-likeness (QED) is 0.510. The van der Waals surface area contributed by atoms with Crippen molar-refractivity contribution in [2.75, 3.05) is 5.32 Å². The van der Waals surface area contributed by atoms with Crippen LogP contribution in [-0.2, 0) is 4.79 Å². The van der Waals surface area contributed by atoms with E-state index in [-0.39, 0.29) is 11.8 Å². The second-order valence-corrected chi connectivity index (χ2v) is 5.25. The molecule has 0 spiro atoms. The Balaban J connectivity index is 1.65. The van der Waals surface area contributed by atoms with Gasteiger partial charge in [-0.3, -0.25) is 9.59 Å². The Morgan fingerprint density at radius 2 is 1.83 bits per heavy atom. The molecule has 120 valence electrons. The second-order valence-electron chi connectivity index (χ2n) is 5.25. The molecule has 3 N–H and O–H groups in total. The number of hydrazone groups is 1. The number of carbonyl (C=O) groups excluding carboxylic acids is 2. The number of aromatic amines is 1. The summed E-state index contributed by atoms with van der Waals surface area (Å²) in [5.74, 6) is -0.476. The first-order valence-electron chi connectivity index (χ1n) is 7.40. The zero-order chi connectivity index (χ0) is 16.9. The molecule has 0 aliphatic heterocycles. The summed E-state index contributed by atoms with van der Waals surface area (Å²) in [6.45, 7) is 1.43. The minimum Gasteiger partial charge on any atom is -0.361 e. The van der Waals surface area contributed by atoms with Crippen LogP contribution in [-0.4, -0.2) is 23.0 Å². The van der Waals surface area contributed by atoms with Crippen molar-refractivity contribution >= 4 is 34.6 Å². The summed E-state index contributed by atoms with van der Waals surface area (Å²) in [7, 11) is 0. The molecule has 0 bridgehead atoms. The molecule has 0 saturated carbocycles. The van der Waals surface area contributed by atoms with Crippen LogP contribution in [0.2, 0.25) is 0 Å². The van der Waals surface area contributed by atoms with E-state index >= 15 is 0 Å². The highest BCUT2D eigenvalue weighted by Crippen LogP contribution is 2.15. The third kappa shape index (κ3) is 3.49. The summed E-state index contributed by atoms with van der Waals surface area (Å²) in [6, 6.07) is 14.4. The van der Waals surface area contributed by atoms with Crippen molar-refractivity contribution in [1.29, 1.82) is 0 Å². The van der Waals surface area contributed by atoms with Crippen molar-refractivity contribution in [2.24, 2.45) is 5.10 Å². The van der Waals surface area contributed by atoms with Gasteiger partial charge in [0, 0.05) is 40.8 Å². The zero-order valence-corrected chi connectivity index (χ0v) is 13.0. The van der Waals surface area contributed by atoms with Gasteiger partial charge in [0.25, 0.3) is 5.91 Å². The van der Waals surface area contributed by atoms with Crippen molar-refractivity contribution in [2.45, 2.75) is 6.92 Å². The van der Waals surface area contributed by atoms with Crippen LogP contribution in [0.4, 0.5) is 5.69 Å². The number of nitrogens with zero attached hydrogens (tertiary/aromatic N) is 1. The lowest BCUT2D eigenvalue weighted by Crippen LogP contribution is -2.17. The normalized spacial score (nSPS) is 10.9. The number of para-hydroxylation sites is 1. The SMILES string of the molecule is CC(=O)Nc1ccc(C(=O)N/N=C\c2c[nH]c3ccccc23)cc1. The Morgan fingerprint density at radius 3 is 2.58 bits per heavy atom. The van der Waals surface area contributed by atoms with Crippen LogP contribution in [0.3, 0.4) is 0 Å². The molecule has 0 aliphatic carbocycles. The van der Waals surface area contributed by atoms with Crippen molar-refractivity contribution in [1.82, 2.24) is 10.4 Å². The lowest BCUT2D eigenvalue weighted by Gasteiger charge is -2.03. The fourth-order valence-corrected chi connectivity index (χ4v) is 2.33. The minimum atomic E-state index is -0.319. The highest BCUT2D eigenvalue weighted by molar-refractivity contribution is 6.00. The van der Waals surface area contributed by atoms with Gasteiger partial charge in [-0.2, -0.15) is 5.10 Å². The Morgan fingerprint density at radius 1 is 1.08 bits per heavy atom. The van der Waals surface area contributed by atoms with E-state index in [0.717, 1.165) is 16.5 Å². The largest absolute Gasteiger partial charge is 0.361 e. The molecule has 24 heavy (non-hydrogen) atoms. The molecular formula is C18H16N4O2. The fourth-order valence-electron chi connectivity index (χ4n) is 2.33. The summed E-state index contributed by atoms with van der Waals surface area (Å²) in [5, 5.41) is 7.68. The number of nitrogens with one attached hydrogen (secondary N) is 3. The van der Waals surface area contributed by atoms with E-state index in [0.29, 0.717) is 11.3 Å². The number of benzene rings is 2. The van der Waals surface area contributed by atoms with Crippen LogP contribution in [0.5, 0.6) is 0 Å². The van der Waals surface area contributed by atoms with Gasteiger partial charge in [0.2, 0.25) is 5.91 Å². The third-order valence-electron chi connectivity index (χ3n) is 3.46. The first-order chi connectivity index (χ1) is 11.6. The average Bonchev–Trinajstić information content (AvgIpc) is 2.98. The summed E-state index contributed by atoms with van der Waals surface area (Å²) in [6.07, 6.45) is 3.44. The number of anilines is 1. The summed E-state index contributed by atoms with van der Waals surface area (Å²) < 4.78 is 0. The van der Waals surface area contributed by atoms with Crippen molar-refractivity contribution < 1.29 is 9.59 Å². The number of H-pyrrole nitrogens is 1. The van der Waals surface area contributed by atoms with Gasteiger partial charge >= 0.3 is 0 Å². The van der Waals surface area contributed by atoms with Gasteiger partial charge in [0.05, 0.1) is 6.21 Å². The molecule has 0 saturated heterocycles. The Bertz CT molecular complexity index is 910. The fraction of sp³-hybridized carbons (Fsp3) is 0.0556. The van der Waals surface area contributed by atoms with E-state index in [1.807, 2.05) is 30.5 Å². The molecule has 6 nitrogen and oxygen atoms in total. The number of amides is 2. The van der Waals surface area contributed by atoms with Crippen LogP contribution in [0.15, 0.2) is 59.8 Å². The van der Waals surface area contributed by atoms with Gasteiger partial charge in [-0.15, -0.1) is 0 Å². The molecule has 1 heterocycles. The number of hydrogen-bond donors (Lipinski definition) is 3. The van der Waals surface area contributed by atoms with E-state index in [1.54, 1.807) is 30.5 Å². The molecule has 6 heteroatoms. The third-order valence-corrected chi connectivity index (χ3v) is 3.46. The van der Waals surface area contributed by atoms with Crippen molar-refractivity contribution in [3.05, 3.63) is 65.9 Å². The van der Waals surface area contributed by atoms with Crippen LogP contribution in [0.25, 0.3) is 10.9 Å². The second kappa shape index (κ2) is 6.78. The number of fused-ring (bicyclic) bond motifs is 1. The topological polar surface area (TPSA) is 86.3 Å². The molecule has 2 amide bonds. The van der Waals surface area contributed by atoms with Crippen LogP contribution in [0, 0.1) is 0 Å². The molecule has 3 rings (SSSR count). The number of rotatable bonds is 4. The minimum absolute atomic E-state index is 0.157. The molecule has 0 fully saturated rings. The first-order valence-corrected chi connectivity index (χ1v) is 7.40. The molecule has 0 atom stereocenters. The van der Waals surface area contributed by atoms with Gasteiger partial charge in [-0.25, -0.2) is 5.43 Å². The summed E-state index contributed by atoms with van der Waals surface area (Å²) >= 11 is 0. The number of carbonyl (C=O) groups is 2. The maximum absolute atomic E-state index is 12.1. The average molecular weight is 320 g/mol. The Kier molecular flexibility index (Phi) is 4.38. The van der Waals surface area contributed by atoms with Gasteiger partial charge in [0.15, 0.2) is 0 Å². The zero-order valence-electron chi connectivity index (χ0n) is 13.0. The molecule has 3 aromatic rings. The monoisotopic (exact) mass is 320 g/mol. The van der Waals surface area contributed by atoms with Gasteiger partial charge in [-0.1, -0.05) is 18.2 Å². The molecule has 0 aliphatic rings. The van der Waals surface area contributed by atoms with Crippen LogP contribution in [0.1, 0.15) is 22.8 Å². The van der Waals surface area contributed by atoms with Gasteiger partial charge in [-0.05, 0) is 30.3 Å². The maximum Gasteiger partial charge on any atom is 0.271 e. The molecule has 1 aromatic heterocycles. The Hall–Kier alpha value is -3.41. The van der Waals surface area contributed by atoms with E-state index in [2.05, 4.69) is 20.8 Å². The van der Waals surface area contributed by atoms with Crippen molar-refractivity contribution in [3.8, 4) is 0 Å². The lowest BCUT2D eigenvalue weighted by molar-refractivity contribution is -0.114. The van der Waals surface area contributed by atoms with E-state index < -0.39 is 0 Å². The van der Waals surface area contributed by atoms with E-state index in [9.17, 15) is 9.59 Å². The Labute approximate surface area is 138 Å². The van der Waals surface area contributed by atoms with E-state index in [1.165, 1.54) is 6.92 Å².